The number of nitrogens with one attached hydrogen (secondary N) is 1. The Bertz CT molecular complexity index is 336. The maximum absolute atomic E-state index is 11.2. The minimum Gasteiger partial charge on any atom is -0.448 e. The van der Waals surface area contributed by atoms with Gasteiger partial charge in [-0.15, -0.1) is 0 Å². The van der Waals surface area contributed by atoms with Crippen molar-refractivity contribution in [3.63, 3.8) is 0 Å². The summed E-state index contributed by atoms with van der Waals surface area (Å²) in [5, 5.41) is 3.38. The van der Waals surface area contributed by atoms with Gasteiger partial charge >= 0.3 is 6.09 Å². The number of amides is 1. The quantitative estimate of drug-likeness (QED) is 0.761. The van der Waals surface area contributed by atoms with Crippen molar-refractivity contribution < 1.29 is 9.53 Å². The summed E-state index contributed by atoms with van der Waals surface area (Å²) < 4.78 is 4.89. The van der Waals surface area contributed by atoms with Crippen molar-refractivity contribution in [3.8, 4) is 0 Å². The van der Waals surface area contributed by atoms with E-state index < -0.39 is 6.09 Å². The molecule has 0 aromatic heterocycles. The van der Waals surface area contributed by atoms with Crippen LogP contribution in [0.15, 0.2) is 9.98 Å². The molecular formula is C11H17N3O2. The first-order valence-electron chi connectivity index (χ1n) is 5.82. The highest BCUT2D eigenvalue weighted by Gasteiger charge is 2.28. The highest BCUT2D eigenvalue weighted by molar-refractivity contribution is 6.18. The lowest BCUT2D eigenvalue weighted by Gasteiger charge is -2.15. The number of ether oxygens (including phenoxy) is 1. The van der Waals surface area contributed by atoms with Gasteiger partial charge in [0.2, 0.25) is 0 Å². The van der Waals surface area contributed by atoms with Gasteiger partial charge in [-0.1, -0.05) is 6.92 Å². The average molecular weight is 223 g/mol. The first-order chi connectivity index (χ1) is 7.81. The molecule has 0 aliphatic carbocycles. The molecule has 88 valence electrons. The van der Waals surface area contributed by atoms with Crippen LogP contribution in [0.2, 0.25) is 0 Å². The van der Waals surface area contributed by atoms with Gasteiger partial charge in [0.05, 0.1) is 24.9 Å². The summed E-state index contributed by atoms with van der Waals surface area (Å²) in [6.07, 6.45) is 2.26. The molecule has 1 atom stereocenters. The largest absolute Gasteiger partial charge is 0.448 e. The Labute approximate surface area is 95.0 Å². The predicted molar refractivity (Wildman–Crippen MR) is 62.4 cm³/mol. The summed E-state index contributed by atoms with van der Waals surface area (Å²) in [5.41, 5.74) is 1.99. The molecular weight excluding hydrogens is 206 g/mol. The Morgan fingerprint density at radius 1 is 1.50 bits per heavy atom. The van der Waals surface area contributed by atoms with Crippen molar-refractivity contribution >= 4 is 17.5 Å². The van der Waals surface area contributed by atoms with Gasteiger partial charge in [-0.05, 0) is 25.8 Å². The number of hydrogen-bond acceptors (Lipinski definition) is 4. The molecule has 1 N–H and O–H groups in total. The number of cyclic esters (lactones) is 1. The van der Waals surface area contributed by atoms with E-state index in [2.05, 4.69) is 22.2 Å². The molecule has 0 aromatic carbocycles. The Hall–Kier alpha value is -1.23. The van der Waals surface area contributed by atoms with Crippen LogP contribution in [0.5, 0.6) is 0 Å². The second-order valence-electron chi connectivity index (χ2n) is 4.02. The molecule has 0 saturated heterocycles. The fourth-order valence-electron chi connectivity index (χ4n) is 1.77. The minimum atomic E-state index is -0.461. The van der Waals surface area contributed by atoms with E-state index in [-0.39, 0.29) is 6.04 Å². The molecule has 5 heteroatoms. The number of hydrogen-bond donors (Lipinski definition) is 1. The molecule has 0 fully saturated rings. The van der Waals surface area contributed by atoms with Crippen LogP contribution in [0.4, 0.5) is 4.79 Å². The smallest absolute Gasteiger partial charge is 0.433 e. The zero-order valence-corrected chi connectivity index (χ0v) is 9.53. The van der Waals surface area contributed by atoms with Gasteiger partial charge in [-0.2, -0.15) is 4.99 Å². The standard InChI is InChI=1S/C11H17N3O2/c1-2-5-12-10(9-7-13-9)8-4-3-6-16-11(15)14-8/h10,12H,2-7H2,1H3. The molecule has 1 amide bonds. The molecule has 2 heterocycles. The Balaban J connectivity index is 2.05. The van der Waals surface area contributed by atoms with Crippen LogP contribution in [0.1, 0.15) is 26.2 Å². The summed E-state index contributed by atoms with van der Waals surface area (Å²) in [6, 6.07) is 0.0607. The first-order valence-corrected chi connectivity index (χ1v) is 5.82. The lowest BCUT2D eigenvalue weighted by atomic mass is 10.0. The van der Waals surface area contributed by atoms with Gasteiger partial charge in [-0.25, -0.2) is 4.79 Å². The summed E-state index contributed by atoms with van der Waals surface area (Å²) in [6.45, 7) is 4.30. The summed E-state index contributed by atoms with van der Waals surface area (Å²) >= 11 is 0. The SMILES string of the molecule is CCCNC(C1=NC1)C1=NC(=O)OCCC1. The summed E-state index contributed by atoms with van der Waals surface area (Å²) in [5.74, 6) is 0. The van der Waals surface area contributed by atoms with Crippen LogP contribution in [0.3, 0.4) is 0 Å². The van der Waals surface area contributed by atoms with Crippen LogP contribution in [-0.4, -0.2) is 43.3 Å². The third-order valence-electron chi connectivity index (χ3n) is 2.64. The summed E-state index contributed by atoms with van der Waals surface area (Å²) in [7, 11) is 0. The van der Waals surface area contributed by atoms with Crippen LogP contribution in [0, 0.1) is 0 Å². The molecule has 2 aliphatic heterocycles. The van der Waals surface area contributed by atoms with Crippen molar-refractivity contribution in [2.75, 3.05) is 19.7 Å². The molecule has 0 bridgehead atoms. The van der Waals surface area contributed by atoms with Gasteiger partial charge in [0.25, 0.3) is 0 Å². The molecule has 0 radical (unpaired) electrons. The van der Waals surface area contributed by atoms with Gasteiger partial charge in [0.15, 0.2) is 0 Å². The Kier molecular flexibility index (Phi) is 3.66. The highest BCUT2D eigenvalue weighted by atomic mass is 16.5. The molecule has 16 heavy (non-hydrogen) atoms. The Morgan fingerprint density at radius 3 is 3.00 bits per heavy atom. The Morgan fingerprint density at radius 2 is 2.31 bits per heavy atom. The summed E-state index contributed by atoms with van der Waals surface area (Å²) in [4.78, 5) is 19.4. The van der Waals surface area contributed by atoms with E-state index in [1.54, 1.807) is 0 Å². The van der Waals surface area contributed by atoms with E-state index in [9.17, 15) is 4.79 Å². The normalized spacial score (nSPS) is 21.7. The first kappa shape index (κ1) is 11.3. The van der Waals surface area contributed by atoms with E-state index in [1.165, 1.54) is 0 Å². The van der Waals surface area contributed by atoms with Gasteiger partial charge in [0.1, 0.15) is 0 Å². The maximum atomic E-state index is 11.2. The number of carbonyl (C=O) groups excluding carboxylic acids is 1. The number of carbonyl (C=O) groups is 1. The third-order valence-corrected chi connectivity index (χ3v) is 2.64. The van der Waals surface area contributed by atoms with E-state index in [0.717, 1.165) is 43.8 Å². The van der Waals surface area contributed by atoms with Gasteiger partial charge < -0.3 is 10.1 Å². The predicted octanol–water partition coefficient (Wildman–Crippen LogP) is 1.18. The zero-order valence-electron chi connectivity index (χ0n) is 9.53. The molecule has 2 aliphatic rings. The van der Waals surface area contributed by atoms with Crippen LogP contribution < -0.4 is 5.32 Å². The number of nitrogens with zero attached hydrogens (tertiary/aromatic N) is 2. The molecule has 2 rings (SSSR count). The van der Waals surface area contributed by atoms with Crippen molar-refractivity contribution in [2.24, 2.45) is 9.98 Å². The van der Waals surface area contributed by atoms with Gasteiger partial charge in [0, 0.05) is 5.71 Å². The van der Waals surface area contributed by atoms with E-state index in [0.29, 0.717) is 6.61 Å². The number of rotatable bonds is 5. The average Bonchev–Trinajstić information content (AvgIpc) is 3.07. The monoisotopic (exact) mass is 223 g/mol. The molecule has 0 spiro atoms. The van der Waals surface area contributed by atoms with E-state index in [4.69, 9.17) is 4.74 Å². The fraction of sp³-hybridized carbons (Fsp3) is 0.727. The van der Waals surface area contributed by atoms with Crippen molar-refractivity contribution in [3.05, 3.63) is 0 Å². The third kappa shape index (κ3) is 2.88. The lowest BCUT2D eigenvalue weighted by Crippen LogP contribution is -2.41. The topological polar surface area (TPSA) is 63.0 Å². The van der Waals surface area contributed by atoms with Crippen molar-refractivity contribution in [2.45, 2.75) is 32.2 Å². The van der Waals surface area contributed by atoms with E-state index >= 15 is 0 Å². The van der Waals surface area contributed by atoms with E-state index in [1.807, 2.05) is 0 Å². The van der Waals surface area contributed by atoms with Crippen LogP contribution in [-0.2, 0) is 4.74 Å². The molecule has 5 nitrogen and oxygen atoms in total. The zero-order chi connectivity index (χ0) is 11.4. The molecule has 0 saturated carbocycles. The second-order valence-corrected chi connectivity index (χ2v) is 4.02. The van der Waals surface area contributed by atoms with Crippen LogP contribution in [0.25, 0.3) is 0 Å². The van der Waals surface area contributed by atoms with Crippen LogP contribution >= 0.6 is 0 Å². The minimum absolute atomic E-state index is 0.0607. The van der Waals surface area contributed by atoms with Crippen molar-refractivity contribution in [1.82, 2.24) is 5.32 Å². The fourth-order valence-corrected chi connectivity index (χ4v) is 1.77. The second kappa shape index (κ2) is 5.21. The van der Waals surface area contributed by atoms with Gasteiger partial charge in [-0.3, -0.25) is 4.99 Å². The molecule has 1 unspecified atom stereocenters. The highest BCUT2D eigenvalue weighted by Crippen LogP contribution is 2.12. The molecule has 0 aromatic rings. The lowest BCUT2D eigenvalue weighted by molar-refractivity contribution is 0.159. The maximum Gasteiger partial charge on any atom is 0.433 e. The van der Waals surface area contributed by atoms with Crippen molar-refractivity contribution in [1.29, 1.82) is 0 Å². The number of aliphatic imine (C=N–C) groups is 2.